The molecule has 0 radical (unpaired) electrons. The molecule has 0 unspecified atom stereocenters. The Bertz CT molecular complexity index is 370. The van der Waals surface area contributed by atoms with Crippen LogP contribution in [0.15, 0.2) is 18.2 Å². The minimum absolute atomic E-state index is 0.0538. The first kappa shape index (κ1) is 13.8. The zero-order chi connectivity index (χ0) is 12.8. The lowest BCUT2D eigenvalue weighted by atomic mass is 10.1. The molecule has 1 rings (SSSR count). The molecule has 0 atom stereocenters. The SMILES string of the molecule is CCCN(CCO)C(=O)c1cc(N)cc(Cl)c1. The summed E-state index contributed by atoms with van der Waals surface area (Å²) in [5.41, 5.74) is 6.56. The van der Waals surface area contributed by atoms with Crippen molar-refractivity contribution in [3.63, 3.8) is 0 Å². The Hall–Kier alpha value is -1.26. The third kappa shape index (κ3) is 3.91. The van der Waals surface area contributed by atoms with Crippen molar-refractivity contribution < 1.29 is 9.90 Å². The molecule has 0 heterocycles. The van der Waals surface area contributed by atoms with Gasteiger partial charge in [-0.3, -0.25) is 4.79 Å². The summed E-state index contributed by atoms with van der Waals surface area (Å²) < 4.78 is 0. The van der Waals surface area contributed by atoms with Crippen molar-refractivity contribution in [3.8, 4) is 0 Å². The van der Waals surface area contributed by atoms with E-state index in [1.807, 2.05) is 6.92 Å². The monoisotopic (exact) mass is 256 g/mol. The number of amides is 1. The number of hydrogen-bond acceptors (Lipinski definition) is 3. The normalized spacial score (nSPS) is 10.3. The second kappa shape index (κ2) is 6.47. The summed E-state index contributed by atoms with van der Waals surface area (Å²) in [4.78, 5) is 13.7. The lowest BCUT2D eigenvalue weighted by Crippen LogP contribution is -2.34. The molecule has 17 heavy (non-hydrogen) atoms. The van der Waals surface area contributed by atoms with Crippen molar-refractivity contribution in [2.24, 2.45) is 0 Å². The highest BCUT2D eigenvalue weighted by Gasteiger charge is 2.15. The summed E-state index contributed by atoms with van der Waals surface area (Å²) in [6.45, 7) is 2.84. The number of halogens is 1. The van der Waals surface area contributed by atoms with Crippen LogP contribution < -0.4 is 5.73 Å². The smallest absolute Gasteiger partial charge is 0.254 e. The molecule has 0 aliphatic heterocycles. The van der Waals surface area contributed by atoms with Gasteiger partial charge in [-0.1, -0.05) is 18.5 Å². The summed E-state index contributed by atoms with van der Waals surface area (Å²) in [7, 11) is 0. The number of benzene rings is 1. The van der Waals surface area contributed by atoms with Gasteiger partial charge in [0, 0.05) is 29.4 Å². The molecular weight excluding hydrogens is 240 g/mol. The highest BCUT2D eigenvalue weighted by molar-refractivity contribution is 6.31. The van der Waals surface area contributed by atoms with Crippen LogP contribution in [0.1, 0.15) is 23.7 Å². The van der Waals surface area contributed by atoms with Gasteiger partial charge in [-0.25, -0.2) is 0 Å². The largest absolute Gasteiger partial charge is 0.399 e. The molecular formula is C12H17ClN2O2. The van der Waals surface area contributed by atoms with E-state index in [1.54, 1.807) is 23.1 Å². The first-order valence-electron chi connectivity index (χ1n) is 5.54. The minimum atomic E-state index is -0.157. The molecule has 0 saturated carbocycles. The van der Waals surface area contributed by atoms with Crippen LogP contribution in [-0.2, 0) is 0 Å². The zero-order valence-electron chi connectivity index (χ0n) is 9.82. The van der Waals surface area contributed by atoms with Crippen molar-refractivity contribution >= 4 is 23.2 Å². The molecule has 0 saturated heterocycles. The highest BCUT2D eigenvalue weighted by atomic mass is 35.5. The summed E-state index contributed by atoms with van der Waals surface area (Å²) in [5.74, 6) is -0.157. The number of rotatable bonds is 5. The van der Waals surface area contributed by atoms with Crippen LogP contribution in [0.25, 0.3) is 0 Å². The van der Waals surface area contributed by atoms with Gasteiger partial charge in [0.15, 0.2) is 0 Å². The fraction of sp³-hybridized carbons (Fsp3) is 0.417. The van der Waals surface area contributed by atoms with Gasteiger partial charge in [0.05, 0.1) is 6.61 Å². The Balaban J connectivity index is 2.92. The molecule has 0 aliphatic rings. The minimum Gasteiger partial charge on any atom is -0.399 e. The van der Waals surface area contributed by atoms with Gasteiger partial charge in [0.1, 0.15) is 0 Å². The van der Waals surface area contributed by atoms with Crippen molar-refractivity contribution in [2.45, 2.75) is 13.3 Å². The van der Waals surface area contributed by atoms with E-state index >= 15 is 0 Å². The molecule has 0 bridgehead atoms. The van der Waals surface area contributed by atoms with Crippen molar-refractivity contribution in [3.05, 3.63) is 28.8 Å². The maximum atomic E-state index is 12.1. The zero-order valence-corrected chi connectivity index (χ0v) is 10.6. The maximum absolute atomic E-state index is 12.1. The van der Waals surface area contributed by atoms with Gasteiger partial charge >= 0.3 is 0 Å². The van der Waals surface area contributed by atoms with E-state index in [4.69, 9.17) is 22.4 Å². The van der Waals surface area contributed by atoms with Crippen LogP contribution in [0.4, 0.5) is 5.69 Å². The Kier molecular flexibility index (Phi) is 5.25. The van der Waals surface area contributed by atoms with Gasteiger partial charge in [0.25, 0.3) is 5.91 Å². The lowest BCUT2D eigenvalue weighted by molar-refractivity contribution is 0.0722. The molecule has 3 N–H and O–H groups in total. The number of nitrogen functional groups attached to an aromatic ring is 1. The fourth-order valence-corrected chi connectivity index (χ4v) is 1.87. The van der Waals surface area contributed by atoms with Crippen LogP contribution in [0.2, 0.25) is 5.02 Å². The number of nitrogens with two attached hydrogens (primary N) is 1. The molecule has 5 heteroatoms. The number of nitrogens with zero attached hydrogens (tertiary/aromatic N) is 1. The topological polar surface area (TPSA) is 66.6 Å². The van der Waals surface area contributed by atoms with Crippen LogP contribution >= 0.6 is 11.6 Å². The standard InChI is InChI=1S/C12H17ClN2O2/c1-2-3-15(4-5-16)12(17)9-6-10(13)8-11(14)7-9/h6-8,16H,2-5,14H2,1H3. The molecule has 94 valence electrons. The predicted molar refractivity (Wildman–Crippen MR) is 69.1 cm³/mol. The van der Waals surface area contributed by atoms with Gasteiger partial charge in [-0.05, 0) is 24.6 Å². The fourth-order valence-electron chi connectivity index (χ4n) is 1.62. The molecule has 0 aliphatic carbocycles. The van der Waals surface area contributed by atoms with E-state index < -0.39 is 0 Å². The Morgan fingerprint density at radius 1 is 1.41 bits per heavy atom. The number of aliphatic hydroxyl groups is 1. The lowest BCUT2D eigenvalue weighted by Gasteiger charge is -2.21. The average Bonchev–Trinajstić information content (AvgIpc) is 2.26. The van der Waals surface area contributed by atoms with E-state index in [1.165, 1.54) is 0 Å². The number of anilines is 1. The molecule has 4 nitrogen and oxygen atoms in total. The summed E-state index contributed by atoms with van der Waals surface area (Å²) in [5, 5.41) is 9.36. The Morgan fingerprint density at radius 3 is 2.65 bits per heavy atom. The van der Waals surface area contributed by atoms with Crippen LogP contribution in [0.5, 0.6) is 0 Å². The van der Waals surface area contributed by atoms with E-state index in [0.717, 1.165) is 6.42 Å². The molecule has 0 aromatic heterocycles. The number of carbonyl (C=O) groups excluding carboxylic acids is 1. The highest BCUT2D eigenvalue weighted by Crippen LogP contribution is 2.18. The quantitative estimate of drug-likeness (QED) is 0.789. The Labute approximate surface area is 106 Å². The average molecular weight is 257 g/mol. The second-order valence-corrected chi connectivity index (χ2v) is 4.23. The van der Waals surface area contributed by atoms with Gasteiger partial charge in [-0.15, -0.1) is 0 Å². The summed E-state index contributed by atoms with van der Waals surface area (Å²) in [6.07, 6.45) is 0.835. The number of hydrogen-bond donors (Lipinski definition) is 2. The third-order valence-electron chi connectivity index (χ3n) is 2.32. The van der Waals surface area contributed by atoms with Crippen molar-refractivity contribution in [1.29, 1.82) is 0 Å². The molecule has 1 amide bonds. The van der Waals surface area contributed by atoms with E-state index in [-0.39, 0.29) is 12.5 Å². The first-order chi connectivity index (χ1) is 8.08. The second-order valence-electron chi connectivity index (χ2n) is 3.79. The van der Waals surface area contributed by atoms with Crippen molar-refractivity contribution in [2.75, 3.05) is 25.4 Å². The van der Waals surface area contributed by atoms with Gasteiger partial charge < -0.3 is 15.7 Å². The van der Waals surface area contributed by atoms with E-state index in [9.17, 15) is 4.79 Å². The van der Waals surface area contributed by atoms with Crippen molar-refractivity contribution in [1.82, 2.24) is 4.90 Å². The van der Waals surface area contributed by atoms with Gasteiger partial charge in [0.2, 0.25) is 0 Å². The van der Waals surface area contributed by atoms with Gasteiger partial charge in [-0.2, -0.15) is 0 Å². The molecule has 1 aromatic rings. The number of carbonyl (C=O) groups is 1. The maximum Gasteiger partial charge on any atom is 0.254 e. The Morgan fingerprint density at radius 2 is 2.12 bits per heavy atom. The number of aliphatic hydroxyl groups excluding tert-OH is 1. The molecule has 0 fully saturated rings. The van der Waals surface area contributed by atoms with Crippen LogP contribution in [-0.4, -0.2) is 35.6 Å². The molecule has 1 aromatic carbocycles. The first-order valence-corrected chi connectivity index (χ1v) is 5.92. The molecule has 0 spiro atoms. The predicted octanol–water partition coefficient (Wildman–Crippen LogP) is 1.77. The van der Waals surface area contributed by atoms with Crippen LogP contribution in [0, 0.1) is 0 Å². The van der Waals surface area contributed by atoms with E-state index in [2.05, 4.69) is 0 Å². The summed E-state index contributed by atoms with van der Waals surface area (Å²) >= 11 is 5.85. The van der Waals surface area contributed by atoms with Crippen LogP contribution in [0.3, 0.4) is 0 Å². The third-order valence-corrected chi connectivity index (χ3v) is 2.54. The summed E-state index contributed by atoms with van der Waals surface area (Å²) in [6, 6.07) is 4.77. The van der Waals surface area contributed by atoms with E-state index in [0.29, 0.717) is 29.4 Å².